The smallest absolute Gasteiger partial charge is 0.0645 e. The Morgan fingerprint density at radius 2 is 2.50 bits per heavy atom. The molecule has 0 unspecified atom stereocenters. The van der Waals surface area contributed by atoms with Crippen molar-refractivity contribution < 1.29 is 4.74 Å². The normalized spacial score (nSPS) is 9.12. The maximum atomic E-state index is 4.96. The second kappa shape index (κ2) is 6.62. The molecule has 0 aliphatic heterocycles. The van der Waals surface area contributed by atoms with Crippen LogP contribution in [-0.2, 0) is 4.74 Å². The van der Waals surface area contributed by atoms with Crippen molar-refractivity contribution >= 4 is 0 Å². The van der Waals surface area contributed by atoms with Crippen LogP contribution < -0.4 is 11.3 Å². The lowest BCUT2D eigenvalue weighted by molar-refractivity contribution is 0.164. The van der Waals surface area contributed by atoms with Crippen molar-refractivity contribution in [3.63, 3.8) is 0 Å². The zero-order valence-corrected chi connectivity index (χ0v) is 4.89. The van der Waals surface area contributed by atoms with Gasteiger partial charge in [0, 0.05) is 6.54 Å². The molecule has 3 N–H and O–H groups in total. The Morgan fingerprint density at radius 1 is 1.75 bits per heavy atom. The van der Waals surface area contributed by atoms with E-state index in [1.165, 1.54) is 0 Å². The Balaban J connectivity index is 2.62. The highest BCUT2D eigenvalue weighted by atomic mass is 16.5. The number of nitrogens with one attached hydrogen (secondary N) is 1. The first-order valence-electron chi connectivity index (χ1n) is 2.54. The van der Waals surface area contributed by atoms with Crippen LogP contribution >= 0.6 is 0 Å². The van der Waals surface area contributed by atoms with Crippen LogP contribution in [0.3, 0.4) is 0 Å². The van der Waals surface area contributed by atoms with Crippen molar-refractivity contribution in [1.82, 2.24) is 5.43 Å². The van der Waals surface area contributed by atoms with Gasteiger partial charge < -0.3 is 4.74 Å². The lowest BCUT2D eigenvalue weighted by Crippen LogP contribution is -2.26. The summed E-state index contributed by atoms with van der Waals surface area (Å²) in [4.78, 5) is 0. The van der Waals surface area contributed by atoms with E-state index in [1.807, 2.05) is 0 Å². The zero-order valence-electron chi connectivity index (χ0n) is 4.89. The molecular weight excluding hydrogens is 104 g/mol. The summed E-state index contributed by atoms with van der Waals surface area (Å²) in [5.74, 6) is 4.95. The predicted octanol–water partition coefficient (Wildman–Crippen LogP) is -0.348. The Labute approximate surface area is 49.5 Å². The van der Waals surface area contributed by atoms with Gasteiger partial charge >= 0.3 is 0 Å². The number of hydrogen-bond donors (Lipinski definition) is 2. The fraction of sp³-hybridized carbons (Fsp3) is 0.600. The minimum Gasteiger partial charge on any atom is -0.376 e. The molecule has 0 aliphatic rings. The third-order valence-electron chi connectivity index (χ3n) is 0.626. The van der Waals surface area contributed by atoms with E-state index in [0.29, 0.717) is 19.8 Å². The highest BCUT2D eigenvalue weighted by Gasteiger charge is 1.78. The van der Waals surface area contributed by atoms with Crippen molar-refractivity contribution in [2.75, 3.05) is 19.8 Å². The van der Waals surface area contributed by atoms with E-state index >= 15 is 0 Å². The number of nitrogens with two attached hydrogens (primary N) is 1. The molecule has 0 rings (SSSR count). The van der Waals surface area contributed by atoms with Gasteiger partial charge in [-0.1, -0.05) is 6.08 Å². The molecule has 0 amide bonds. The van der Waals surface area contributed by atoms with Gasteiger partial charge in [0.2, 0.25) is 0 Å². The molecule has 3 nitrogen and oxygen atoms in total. The summed E-state index contributed by atoms with van der Waals surface area (Å²) < 4.78 is 4.96. The monoisotopic (exact) mass is 116 g/mol. The van der Waals surface area contributed by atoms with Crippen LogP contribution in [0.25, 0.3) is 0 Å². The summed E-state index contributed by atoms with van der Waals surface area (Å²) in [6.45, 7) is 5.41. The lowest BCUT2D eigenvalue weighted by atomic mass is 10.7. The van der Waals surface area contributed by atoms with Gasteiger partial charge in [-0.05, 0) is 0 Å². The number of hydrazine groups is 1. The maximum Gasteiger partial charge on any atom is 0.0645 e. The molecule has 0 aliphatic carbocycles. The van der Waals surface area contributed by atoms with E-state index in [2.05, 4.69) is 12.0 Å². The quantitative estimate of drug-likeness (QED) is 0.223. The molecule has 0 fully saturated rings. The standard InChI is InChI=1S/C5H12N2O/c1-2-4-8-5-3-7-6/h2,7H,1,3-6H2. The molecule has 0 atom stereocenters. The average Bonchev–Trinajstić information content (AvgIpc) is 1.81. The summed E-state index contributed by atoms with van der Waals surface area (Å²) in [5, 5.41) is 0. The van der Waals surface area contributed by atoms with Gasteiger partial charge in [-0.25, -0.2) is 0 Å². The molecule has 3 heteroatoms. The maximum absolute atomic E-state index is 4.96. The van der Waals surface area contributed by atoms with Gasteiger partial charge in [-0.2, -0.15) is 0 Å². The number of rotatable bonds is 5. The molecule has 0 bridgehead atoms. The second-order valence-corrected chi connectivity index (χ2v) is 1.32. The molecule has 0 heterocycles. The Morgan fingerprint density at radius 3 is 3.00 bits per heavy atom. The molecule has 0 aromatic rings. The number of hydrogen-bond acceptors (Lipinski definition) is 3. The van der Waals surface area contributed by atoms with Crippen LogP contribution in [0.1, 0.15) is 0 Å². The van der Waals surface area contributed by atoms with Crippen molar-refractivity contribution in [3.8, 4) is 0 Å². The van der Waals surface area contributed by atoms with Crippen molar-refractivity contribution in [2.24, 2.45) is 5.84 Å². The fourth-order valence-corrected chi connectivity index (χ4v) is 0.298. The van der Waals surface area contributed by atoms with Crippen molar-refractivity contribution in [1.29, 1.82) is 0 Å². The summed E-state index contributed by atoms with van der Waals surface area (Å²) in [6, 6.07) is 0. The summed E-state index contributed by atoms with van der Waals surface area (Å²) >= 11 is 0. The molecule has 0 aromatic carbocycles. The van der Waals surface area contributed by atoms with E-state index in [0.717, 1.165) is 0 Å². The van der Waals surface area contributed by atoms with Gasteiger partial charge in [0.05, 0.1) is 13.2 Å². The van der Waals surface area contributed by atoms with Gasteiger partial charge in [-0.15, -0.1) is 6.58 Å². The third kappa shape index (κ3) is 5.62. The lowest BCUT2D eigenvalue weighted by Gasteiger charge is -1.97. The van der Waals surface area contributed by atoms with Crippen LogP contribution in [0.4, 0.5) is 0 Å². The van der Waals surface area contributed by atoms with Crippen LogP contribution in [0.15, 0.2) is 12.7 Å². The minimum atomic E-state index is 0.599. The molecule has 0 spiro atoms. The zero-order chi connectivity index (χ0) is 6.24. The molecule has 48 valence electrons. The average molecular weight is 116 g/mol. The van der Waals surface area contributed by atoms with Gasteiger partial charge in [0.25, 0.3) is 0 Å². The molecule has 0 saturated carbocycles. The van der Waals surface area contributed by atoms with E-state index in [1.54, 1.807) is 6.08 Å². The van der Waals surface area contributed by atoms with E-state index in [-0.39, 0.29) is 0 Å². The van der Waals surface area contributed by atoms with Crippen LogP contribution in [0.5, 0.6) is 0 Å². The topological polar surface area (TPSA) is 47.3 Å². The molecule has 0 saturated heterocycles. The molecular formula is C5H12N2O. The minimum absolute atomic E-state index is 0.599. The highest BCUT2D eigenvalue weighted by molar-refractivity contribution is 4.63. The van der Waals surface area contributed by atoms with Gasteiger partial charge in [0.1, 0.15) is 0 Å². The Kier molecular flexibility index (Phi) is 6.31. The first kappa shape index (κ1) is 7.62. The first-order valence-corrected chi connectivity index (χ1v) is 2.54. The second-order valence-electron chi connectivity index (χ2n) is 1.32. The summed E-state index contributed by atoms with van der Waals surface area (Å²) in [6.07, 6.45) is 1.70. The van der Waals surface area contributed by atoms with Crippen molar-refractivity contribution in [3.05, 3.63) is 12.7 Å². The van der Waals surface area contributed by atoms with Crippen molar-refractivity contribution in [2.45, 2.75) is 0 Å². The summed E-state index contributed by atoms with van der Waals surface area (Å²) in [5.41, 5.74) is 2.47. The van der Waals surface area contributed by atoms with Crippen LogP contribution in [0.2, 0.25) is 0 Å². The van der Waals surface area contributed by atoms with Gasteiger partial charge in [0.15, 0.2) is 0 Å². The number of ether oxygens (including phenoxy) is 1. The summed E-state index contributed by atoms with van der Waals surface area (Å²) in [7, 11) is 0. The SMILES string of the molecule is C=CCOCCNN. The highest BCUT2D eigenvalue weighted by Crippen LogP contribution is 1.70. The Bertz CT molecular complexity index is 56.4. The van der Waals surface area contributed by atoms with Crippen LogP contribution in [-0.4, -0.2) is 19.8 Å². The van der Waals surface area contributed by atoms with Crippen LogP contribution in [0, 0.1) is 0 Å². The molecule has 0 aromatic heterocycles. The molecule has 8 heavy (non-hydrogen) atoms. The van der Waals surface area contributed by atoms with E-state index in [9.17, 15) is 0 Å². The fourth-order valence-electron chi connectivity index (χ4n) is 0.298. The Hall–Kier alpha value is -0.380. The van der Waals surface area contributed by atoms with E-state index in [4.69, 9.17) is 10.6 Å². The third-order valence-corrected chi connectivity index (χ3v) is 0.626. The van der Waals surface area contributed by atoms with E-state index < -0.39 is 0 Å². The predicted molar refractivity (Wildman–Crippen MR) is 33.2 cm³/mol. The molecule has 0 radical (unpaired) electrons. The largest absolute Gasteiger partial charge is 0.376 e. The van der Waals surface area contributed by atoms with Gasteiger partial charge in [-0.3, -0.25) is 11.3 Å². The first-order chi connectivity index (χ1) is 3.91.